The lowest BCUT2D eigenvalue weighted by atomic mass is 10.1. The molecule has 0 heterocycles. The second-order valence-corrected chi connectivity index (χ2v) is 10.7. The molecule has 0 saturated carbocycles. The predicted octanol–water partition coefficient (Wildman–Crippen LogP) is 1.11. The molecular formula is C40H40O8. The molecule has 4 aromatic carbocycles. The third-order valence-electron chi connectivity index (χ3n) is 8.10. The first kappa shape index (κ1) is 33.6. The molecule has 0 unspecified atom stereocenters. The third kappa shape index (κ3) is 6.98. The van der Waals surface area contributed by atoms with Crippen LogP contribution in [0.1, 0.15) is 0 Å². The summed E-state index contributed by atoms with van der Waals surface area (Å²) in [6, 6.07) is 15.5. The molecular weight excluding hydrogens is 608 g/mol. The molecule has 48 heavy (non-hydrogen) atoms. The Bertz CT molecular complexity index is 1840. The van der Waals surface area contributed by atoms with Gasteiger partial charge in [0, 0.05) is 41.7 Å². The molecule has 14 rings (SSSR count). The zero-order valence-corrected chi connectivity index (χ0v) is 28.5. The molecule has 8 heteroatoms. The van der Waals surface area contributed by atoms with E-state index >= 15 is 0 Å². The standard InChI is InChI=1S/C40H40O8/c1-41-33-17-26-11-12-28-20-38(46-6)30(22-37(28)45-5)15-16-32-24-39(47-7)31(23-40(32)48-8)14-13-29-21-35(43-3)27(19-36(29)44-4)10-9-25(33)18-34(26)42-2/h9-24H,1-8H3/b10-9?,12-11?,14-13?,16-15?,25-9-,26-11+,27-10+,28-12-,29-13-,30-15+,31-14+,32-16-. The van der Waals surface area contributed by atoms with Crippen molar-refractivity contribution in [1.29, 1.82) is 0 Å². The van der Waals surface area contributed by atoms with E-state index in [9.17, 15) is 0 Å². The number of hydrogen-bond acceptors (Lipinski definition) is 8. The van der Waals surface area contributed by atoms with Gasteiger partial charge in [0.25, 0.3) is 0 Å². The number of rotatable bonds is 8. The van der Waals surface area contributed by atoms with Gasteiger partial charge in [-0.1, -0.05) is 48.6 Å². The van der Waals surface area contributed by atoms with Crippen molar-refractivity contribution in [1.82, 2.24) is 0 Å². The largest absolute Gasteiger partial charge is 0.496 e. The Labute approximate surface area is 279 Å². The lowest BCUT2D eigenvalue weighted by Crippen LogP contribution is -2.18. The molecule has 10 aliphatic rings. The molecule has 0 aromatic heterocycles. The highest BCUT2D eigenvalue weighted by molar-refractivity contribution is 5.71. The summed E-state index contributed by atoms with van der Waals surface area (Å²) in [5.74, 6) is 5.38. The molecule has 0 aliphatic heterocycles. The summed E-state index contributed by atoms with van der Waals surface area (Å²) >= 11 is 0. The van der Waals surface area contributed by atoms with Crippen LogP contribution in [0.5, 0.6) is 46.0 Å². The smallest absolute Gasteiger partial charge is 0.126 e. The van der Waals surface area contributed by atoms with E-state index in [-0.39, 0.29) is 0 Å². The zero-order valence-electron chi connectivity index (χ0n) is 28.5. The van der Waals surface area contributed by atoms with Gasteiger partial charge in [-0.25, -0.2) is 0 Å². The molecule has 4 aromatic rings. The summed E-state index contributed by atoms with van der Waals surface area (Å²) in [5.41, 5.74) is 0. The summed E-state index contributed by atoms with van der Waals surface area (Å²) in [7, 11) is 13.1. The molecule has 0 spiro atoms. The summed E-state index contributed by atoms with van der Waals surface area (Å²) in [4.78, 5) is 0. The van der Waals surface area contributed by atoms with Gasteiger partial charge in [0.15, 0.2) is 0 Å². The minimum Gasteiger partial charge on any atom is -0.496 e. The van der Waals surface area contributed by atoms with E-state index in [0.29, 0.717) is 46.0 Å². The minimum atomic E-state index is 0.673. The van der Waals surface area contributed by atoms with Crippen LogP contribution in [0.2, 0.25) is 0 Å². The quantitative estimate of drug-likeness (QED) is 0.282. The fraction of sp³-hybridized carbons (Fsp3) is 0.200. The molecule has 0 amide bonds. The highest BCUT2D eigenvalue weighted by Gasteiger charge is 2.07. The molecule has 248 valence electrons. The Kier molecular flexibility index (Phi) is 10.7. The van der Waals surface area contributed by atoms with Crippen LogP contribution in [0.3, 0.4) is 0 Å². The molecule has 8 bridgehead atoms. The molecule has 0 fully saturated rings. The van der Waals surface area contributed by atoms with E-state index in [1.807, 2.05) is 97.1 Å². The molecule has 10 aliphatic carbocycles. The van der Waals surface area contributed by atoms with Gasteiger partial charge in [0.05, 0.1) is 56.9 Å². The monoisotopic (exact) mass is 648 g/mol. The van der Waals surface area contributed by atoms with Crippen LogP contribution >= 0.6 is 0 Å². The van der Waals surface area contributed by atoms with Crippen molar-refractivity contribution in [2.24, 2.45) is 0 Å². The van der Waals surface area contributed by atoms with E-state index in [2.05, 4.69) is 0 Å². The van der Waals surface area contributed by atoms with Crippen LogP contribution in [0.4, 0.5) is 0 Å². The molecule has 8 nitrogen and oxygen atoms in total. The number of methoxy groups -OCH3 is 8. The van der Waals surface area contributed by atoms with Crippen molar-refractivity contribution < 1.29 is 37.9 Å². The lowest BCUT2D eigenvalue weighted by molar-refractivity contribution is 0.397. The Morgan fingerprint density at radius 1 is 0.208 bits per heavy atom. The topological polar surface area (TPSA) is 73.8 Å². The van der Waals surface area contributed by atoms with Crippen molar-refractivity contribution in [3.05, 3.63) is 90.3 Å². The summed E-state index contributed by atoms with van der Waals surface area (Å²) in [5, 5.41) is 6.60. The third-order valence-corrected chi connectivity index (χ3v) is 8.10. The van der Waals surface area contributed by atoms with Gasteiger partial charge in [0.2, 0.25) is 0 Å². The van der Waals surface area contributed by atoms with Gasteiger partial charge in [0.1, 0.15) is 46.0 Å². The van der Waals surface area contributed by atoms with Crippen LogP contribution in [0.25, 0.3) is 48.6 Å². The normalized spacial score (nSPS) is 17.5. The highest BCUT2D eigenvalue weighted by Crippen LogP contribution is 2.12. The van der Waals surface area contributed by atoms with Crippen molar-refractivity contribution in [2.75, 3.05) is 56.9 Å². The Morgan fingerprint density at radius 2 is 0.312 bits per heavy atom. The second kappa shape index (κ2) is 15.2. The van der Waals surface area contributed by atoms with Crippen LogP contribution < -0.4 is 79.6 Å². The number of benzene rings is 4. The first-order chi connectivity index (χ1) is 23.4. The average molecular weight is 649 g/mol. The maximum absolute atomic E-state index is 5.80. The number of hydrogen-bond donors (Lipinski definition) is 0. The lowest BCUT2D eigenvalue weighted by Gasteiger charge is -2.08. The van der Waals surface area contributed by atoms with E-state index in [1.54, 1.807) is 56.9 Å². The summed E-state index contributed by atoms with van der Waals surface area (Å²) < 4.78 is 46.4. The minimum absolute atomic E-state index is 0.673. The van der Waals surface area contributed by atoms with Crippen molar-refractivity contribution in [2.45, 2.75) is 0 Å². The molecule has 0 saturated heterocycles. The summed E-state index contributed by atoms with van der Waals surface area (Å²) in [6.45, 7) is 0. The maximum Gasteiger partial charge on any atom is 0.126 e. The van der Waals surface area contributed by atoms with Crippen LogP contribution in [0, 0.1) is 0 Å². The SMILES string of the molecule is COc1c\c2c(OC)c/c1=C/C=c1\cc(OC)/c(cc1OC)=C\C=c1/cc(OC)/c(cc1OC)=C\C=c1/cc(OC)/c(cc1OC)=C\C=2. The van der Waals surface area contributed by atoms with Gasteiger partial charge in [-0.05, 0) is 48.5 Å². The van der Waals surface area contributed by atoms with Gasteiger partial charge in [-0.15, -0.1) is 0 Å². The molecule has 0 atom stereocenters. The van der Waals surface area contributed by atoms with Gasteiger partial charge >= 0.3 is 0 Å². The Morgan fingerprint density at radius 3 is 0.396 bits per heavy atom. The molecule has 0 N–H and O–H groups in total. The number of ether oxygens (including phenoxy) is 8. The average Bonchev–Trinajstić information content (AvgIpc) is 3.13. The van der Waals surface area contributed by atoms with Crippen molar-refractivity contribution >= 4 is 48.6 Å². The van der Waals surface area contributed by atoms with Crippen molar-refractivity contribution in [3.8, 4) is 46.0 Å². The van der Waals surface area contributed by atoms with E-state index in [4.69, 9.17) is 37.9 Å². The van der Waals surface area contributed by atoms with Crippen LogP contribution in [-0.2, 0) is 0 Å². The van der Waals surface area contributed by atoms with Gasteiger partial charge < -0.3 is 37.9 Å². The summed E-state index contributed by atoms with van der Waals surface area (Å²) in [6.07, 6.45) is 15.7. The van der Waals surface area contributed by atoms with Gasteiger partial charge in [-0.2, -0.15) is 0 Å². The highest BCUT2D eigenvalue weighted by atomic mass is 16.5. The Hall–Kier alpha value is -5.76. The van der Waals surface area contributed by atoms with E-state index < -0.39 is 0 Å². The van der Waals surface area contributed by atoms with Crippen LogP contribution in [0.15, 0.2) is 48.5 Å². The van der Waals surface area contributed by atoms with Crippen LogP contribution in [-0.4, -0.2) is 56.9 Å². The fourth-order valence-corrected chi connectivity index (χ4v) is 5.54. The second-order valence-electron chi connectivity index (χ2n) is 10.7. The zero-order chi connectivity index (χ0) is 34.2. The fourth-order valence-electron chi connectivity index (χ4n) is 5.54. The predicted molar refractivity (Wildman–Crippen MR) is 191 cm³/mol. The van der Waals surface area contributed by atoms with Crippen molar-refractivity contribution in [3.63, 3.8) is 0 Å². The van der Waals surface area contributed by atoms with E-state index in [1.165, 1.54) is 0 Å². The first-order valence-corrected chi connectivity index (χ1v) is 15.2. The Balaban J connectivity index is 1.96. The first-order valence-electron chi connectivity index (χ1n) is 15.2. The van der Waals surface area contributed by atoms with E-state index in [0.717, 1.165) is 41.7 Å². The maximum atomic E-state index is 5.80. The van der Waals surface area contributed by atoms with Gasteiger partial charge in [-0.3, -0.25) is 0 Å². The molecule has 0 radical (unpaired) electrons.